The molecule has 0 fully saturated rings. The number of fused-ring (bicyclic) bond motifs is 4. The van der Waals surface area contributed by atoms with Crippen LogP contribution in [0.4, 0.5) is 52.7 Å². The lowest BCUT2D eigenvalue weighted by molar-refractivity contribution is -0.962. The van der Waals surface area contributed by atoms with Gasteiger partial charge in [0.1, 0.15) is 30.6 Å². The number of hydrogen-bond acceptors (Lipinski definition) is 2. The largest absolute Gasteiger partial charge is 0.496 e. The van der Waals surface area contributed by atoms with E-state index in [0.29, 0.717) is 35.4 Å². The quantitative estimate of drug-likeness (QED) is 0.122. The van der Waals surface area contributed by atoms with Crippen LogP contribution in [0.15, 0.2) is 91.0 Å². The van der Waals surface area contributed by atoms with Crippen LogP contribution in [0.1, 0.15) is 105 Å². The maximum atomic E-state index is 14.7. The molecule has 68 heavy (non-hydrogen) atoms. The Morgan fingerprint density at radius 1 is 0.485 bits per heavy atom. The molecule has 3 nitrogen and oxygen atoms in total. The third-order valence-electron chi connectivity index (χ3n) is 13.1. The maximum Gasteiger partial charge on any atom is 0.416 e. The van der Waals surface area contributed by atoms with Crippen LogP contribution < -0.4 is 9.47 Å². The minimum atomic E-state index is -5.23. The lowest BCUT2D eigenvalue weighted by Crippen LogP contribution is -2.44. The zero-order valence-corrected chi connectivity index (χ0v) is 39.0. The Labute approximate surface area is 386 Å². The van der Waals surface area contributed by atoms with E-state index in [0.717, 1.165) is 16.3 Å². The van der Waals surface area contributed by atoms with Crippen molar-refractivity contribution in [2.45, 2.75) is 103 Å². The monoisotopic (exact) mass is 960 g/mol. The van der Waals surface area contributed by atoms with Gasteiger partial charge in [0.05, 0.1) is 43.5 Å². The van der Waals surface area contributed by atoms with E-state index in [1.807, 2.05) is 49.4 Å². The number of nitrogens with zero attached hydrogens (tertiary/aromatic N) is 1. The second-order valence-electron chi connectivity index (χ2n) is 19.8. The van der Waals surface area contributed by atoms with Crippen molar-refractivity contribution < 1.29 is 66.6 Å². The van der Waals surface area contributed by atoms with Crippen LogP contribution in [0.3, 0.4) is 0 Å². The summed E-state index contributed by atoms with van der Waals surface area (Å²) < 4.78 is 189. The van der Waals surface area contributed by atoms with Gasteiger partial charge in [-0.25, -0.2) is 0 Å². The van der Waals surface area contributed by atoms with E-state index in [1.165, 1.54) is 14.2 Å². The number of hydrogen-bond donors (Lipinski definition) is 0. The van der Waals surface area contributed by atoms with Crippen LogP contribution in [-0.2, 0) is 48.6 Å². The molecule has 15 heteroatoms. The molecular weight excluding hydrogens is 911 g/mol. The highest BCUT2D eigenvalue weighted by Crippen LogP contribution is 2.56. The van der Waals surface area contributed by atoms with Crippen molar-refractivity contribution in [3.63, 3.8) is 0 Å². The van der Waals surface area contributed by atoms with Crippen molar-refractivity contribution in [3.8, 4) is 44.9 Å². The van der Waals surface area contributed by atoms with Gasteiger partial charge in [-0.05, 0) is 99.3 Å². The number of rotatable bonds is 6. The molecule has 0 bridgehead atoms. The van der Waals surface area contributed by atoms with Crippen LogP contribution in [0.2, 0.25) is 0 Å². The normalized spacial score (nSPS) is 15.1. The summed E-state index contributed by atoms with van der Waals surface area (Å²) in [7, 11) is 4.33. The van der Waals surface area contributed by atoms with E-state index >= 15 is 0 Å². The van der Waals surface area contributed by atoms with E-state index < -0.39 is 75.0 Å². The van der Waals surface area contributed by atoms with Gasteiger partial charge in [-0.2, -0.15) is 52.7 Å². The standard InChI is InChI=1S/C53H50F12NO2/c1-28(36-17-13-15-29-14-11-12-16-37(29)36)66(8)26-40-38(24-42(48(2,3)4)46(67-9)44(40)30-18-32(50(54,55)56)22-33(19-30)51(57,58)59)39-25-43(49(5,6)7)47(68-10)45(41(39)27-66)31-20-34(52(60,61)62)23-35(21-31)53(63,64)65/h11-25,28H,26-27H2,1-10H3/q+1. The SMILES string of the molecule is COc1c(C(C)(C)C)cc2c(c1-c1cc(C(F)(F)F)cc(C(F)(F)F)c1)C[N+](C)(C(C)c1cccc3ccccc13)Cc1c-2cc(C(C)(C)C)c(OC)c1-c1cc(C(F)(F)F)cc(C(F)(F)F)c1. The first-order valence-electron chi connectivity index (χ1n) is 21.6. The molecule has 1 heterocycles. The number of halogens is 12. The first kappa shape index (κ1) is 50.2. The summed E-state index contributed by atoms with van der Waals surface area (Å²) in [6.45, 7) is 12.3. The number of methoxy groups -OCH3 is 2. The van der Waals surface area contributed by atoms with Crippen molar-refractivity contribution >= 4 is 10.8 Å². The second kappa shape index (κ2) is 16.8. The lowest BCUT2D eigenvalue weighted by Gasteiger charge is -2.41. The highest BCUT2D eigenvalue weighted by Gasteiger charge is 2.45. The average Bonchev–Trinajstić information content (AvgIpc) is 3.35. The van der Waals surface area contributed by atoms with Gasteiger partial charge in [-0.3, -0.25) is 0 Å². The van der Waals surface area contributed by atoms with Gasteiger partial charge in [0.15, 0.2) is 0 Å². The summed E-state index contributed by atoms with van der Waals surface area (Å²) in [6, 6.07) is 18.6. The van der Waals surface area contributed by atoms with Crippen LogP contribution in [-0.4, -0.2) is 25.8 Å². The van der Waals surface area contributed by atoms with E-state index in [-0.39, 0.29) is 74.6 Å². The number of alkyl halides is 12. The van der Waals surface area contributed by atoms with E-state index in [2.05, 4.69) is 0 Å². The Hall–Kier alpha value is -5.70. The number of benzene rings is 6. The van der Waals surface area contributed by atoms with Gasteiger partial charge in [-0.1, -0.05) is 84.0 Å². The minimum Gasteiger partial charge on any atom is -0.496 e. The summed E-state index contributed by atoms with van der Waals surface area (Å²) in [5, 5.41) is 1.66. The summed E-state index contributed by atoms with van der Waals surface area (Å²) in [5.41, 5.74) is -6.65. The second-order valence-corrected chi connectivity index (χ2v) is 19.8. The van der Waals surface area contributed by atoms with E-state index in [9.17, 15) is 52.7 Å². The Morgan fingerprint density at radius 2 is 0.838 bits per heavy atom. The molecule has 0 aliphatic carbocycles. The zero-order valence-electron chi connectivity index (χ0n) is 39.0. The molecule has 6 aromatic carbocycles. The van der Waals surface area contributed by atoms with Crippen molar-refractivity contribution in [2.24, 2.45) is 0 Å². The molecule has 1 aliphatic rings. The maximum absolute atomic E-state index is 14.7. The van der Waals surface area contributed by atoms with Crippen molar-refractivity contribution in [1.82, 2.24) is 0 Å². The van der Waals surface area contributed by atoms with E-state index in [1.54, 1.807) is 60.7 Å². The molecule has 7 rings (SSSR count). The fraction of sp³-hybridized carbons (Fsp3) is 0.358. The van der Waals surface area contributed by atoms with Crippen LogP contribution in [0.5, 0.6) is 11.5 Å². The summed E-state index contributed by atoms with van der Waals surface area (Å²) in [5.74, 6) is -0.0111. The van der Waals surface area contributed by atoms with E-state index in [4.69, 9.17) is 9.47 Å². The summed E-state index contributed by atoms with van der Waals surface area (Å²) in [6.07, 6.45) is -20.9. The molecule has 0 saturated carbocycles. The minimum absolute atomic E-state index is 0.00556. The third-order valence-corrected chi connectivity index (χ3v) is 13.1. The third kappa shape index (κ3) is 9.26. The Morgan fingerprint density at radius 3 is 1.18 bits per heavy atom. The highest BCUT2D eigenvalue weighted by molar-refractivity contribution is 5.92. The summed E-state index contributed by atoms with van der Waals surface area (Å²) >= 11 is 0. The molecule has 6 aromatic rings. The lowest BCUT2D eigenvalue weighted by atomic mass is 9.76. The van der Waals surface area contributed by atoms with Gasteiger partial charge in [0.2, 0.25) is 0 Å². The molecule has 1 atom stereocenters. The molecule has 0 radical (unpaired) electrons. The molecule has 0 spiro atoms. The Balaban J connectivity index is 1.77. The Bertz CT molecular complexity index is 2700. The van der Waals surface area contributed by atoms with Crippen molar-refractivity contribution in [2.75, 3.05) is 21.3 Å². The van der Waals surface area contributed by atoms with Crippen LogP contribution >= 0.6 is 0 Å². The van der Waals surface area contributed by atoms with Crippen LogP contribution in [0, 0.1) is 0 Å². The highest BCUT2D eigenvalue weighted by atomic mass is 19.4. The van der Waals surface area contributed by atoms with Crippen molar-refractivity contribution in [3.05, 3.63) is 141 Å². The van der Waals surface area contributed by atoms with Gasteiger partial charge in [-0.15, -0.1) is 0 Å². The molecule has 0 amide bonds. The topological polar surface area (TPSA) is 18.5 Å². The molecular formula is C53H50F12NO2+. The van der Waals surface area contributed by atoms with Crippen LogP contribution in [0.25, 0.3) is 44.2 Å². The van der Waals surface area contributed by atoms with Gasteiger partial charge >= 0.3 is 24.7 Å². The first-order chi connectivity index (χ1) is 31.2. The van der Waals surface area contributed by atoms with Crippen molar-refractivity contribution in [1.29, 1.82) is 0 Å². The molecule has 0 saturated heterocycles. The zero-order chi connectivity index (χ0) is 50.5. The van der Waals surface area contributed by atoms with Gasteiger partial charge < -0.3 is 14.0 Å². The fourth-order valence-electron chi connectivity index (χ4n) is 9.57. The summed E-state index contributed by atoms with van der Waals surface area (Å²) in [4.78, 5) is 0. The number of quaternary nitrogens is 1. The fourth-order valence-corrected chi connectivity index (χ4v) is 9.57. The predicted molar refractivity (Wildman–Crippen MR) is 239 cm³/mol. The average molecular weight is 961 g/mol. The molecule has 362 valence electrons. The smallest absolute Gasteiger partial charge is 0.416 e. The first-order valence-corrected chi connectivity index (χ1v) is 21.6. The molecule has 1 unspecified atom stereocenters. The van der Waals surface area contributed by atoms with Gasteiger partial charge in [0, 0.05) is 38.9 Å². The predicted octanol–water partition coefficient (Wildman–Crippen LogP) is 16.7. The molecule has 1 aliphatic heterocycles. The Kier molecular flexibility index (Phi) is 12.4. The molecule has 0 aromatic heterocycles. The van der Waals surface area contributed by atoms with Gasteiger partial charge in [0.25, 0.3) is 0 Å². The number of ether oxygens (including phenoxy) is 2. The molecule has 0 N–H and O–H groups in total.